The maximum Gasteiger partial charge on any atom is 0.165 e. The average Bonchev–Trinajstić information content (AvgIpc) is 2.36. The highest BCUT2D eigenvalue weighted by molar-refractivity contribution is 6.30. The van der Waals surface area contributed by atoms with Crippen LogP contribution in [0.1, 0.15) is 25.8 Å². The van der Waals surface area contributed by atoms with Crippen molar-refractivity contribution in [2.24, 2.45) is 0 Å². The fourth-order valence-corrected chi connectivity index (χ4v) is 1.90. The third kappa shape index (κ3) is 5.27. The summed E-state index contributed by atoms with van der Waals surface area (Å²) >= 11 is 6.06. The van der Waals surface area contributed by atoms with Crippen LogP contribution in [-0.2, 0) is 6.54 Å². The van der Waals surface area contributed by atoms with Crippen LogP contribution in [0.4, 0.5) is 0 Å². The third-order valence-corrected chi connectivity index (χ3v) is 2.75. The van der Waals surface area contributed by atoms with Gasteiger partial charge >= 0.3 is 0 Å². The standard InChI is InChI=1S/C14H22ClNO3/c1-4-5-16-8-11-6-12(15)7-13(18-3)14(11)19-9-10(2)17/h6-7,10,16-17H,4-5,8-9H2,1-3H3. The van der Waals surface area contributed by atoms with E-state index in [9.17, 15) is 5.11 Å². The number of halogens is 1. The molecule has 1 unspecified atom stereocenters. The molecule has 0 aliphatic rings. The van der Waals surface area contributed by atoms with Gasteiger partial charge in [-0.15, -0.1) is 0 Å². The molecule has 1 rings (SSSR count). The number of rotatable bonds is 8. The van der Waals surface area contributed by atoms with E-state index >= 15 is 0 Å². The lowest BCUT2D eigenvalue weighted by Gasteiger charge is -2.17. The molecule has 0 fully saturated rings. The summed E-state index contributed by atoms with van der Waals surface area (Å²) in [6.07, 6.45) is 0.526. The van der Waals surface area contributed by atoms with Gasteiger partial charge in [0.05, 0.1) is 13.2 Å². The maximum atomic E-state index is 9.33. The largest absolute Gasteiger partial charge is 0.493 e. The van der Waals surface area contributed by atoms with Crippen LogP contribution in [-0.4, -0.2) is 31.5 Å². The van der Waals surface area contributed by atoms with Crippen LogP contribution in [0, 0.1) is 0 Å². The Bertz CT molecular complexity index is 397. The molecular weight excluding hydrogens is 266 g/mol. The fraction of sp³-hybridized carbons (Fsp3) is 0.571. The smallest absolute Gasteiger partial charge is 0.165 e. The van der Waals surface area contributed by atoms with Crippen LogP contribution in [0.15, 0.2) is 12.1 Å². The number of ether oxygens (including phenoxy) is 2. The molecule has 0 saturated carbocycles. The second-order valence-electron chi connectivity index (χ2n) is 4.43. The van der Waals surface area contributed by atoms with Gasteiger partial charge in [-0.25, -0.2) is 0 Å². The summed E-state index contributed by atoms with van der Waals surface area (Å²) in [5, 5.41) is 13.2. The summed E-state index contributed by atoms with van der Waals surface area (Å²) in [5.74, 6) is 1.22. The normalized spacial score (nSPS) is 12.3. The van der Waals surface area contributed by atoms with E-state index in [1.807, 2.05) is 6.07 Å². The molecule has 0 heterocycles. The Morgan fingerprint density at radius 2 is 2.16 bits per heavy atom. The summed E-state index contributed by atoms with van der Waals surface area (Å²) in [4.78, 5) is 0. The summed E-state index contributed by atoms with van der Waals surface area (Å²) in [5.41, 5.74) is 0.929. The molecule has 0 radical (unpaired) electrons. The zero-order valence-electron chi connectivity index (χ0n) is 11.7. The lowest BCUT2D eigenvalue weighted by Crippen LogP contribution is -2.17. The Hall–Kier alpha value is -0.970. The first-order valence-electron chi connectivity index (χ1n) is 6.46. The SMILES string of the molecule is CCCNCc1cc(Cl)cc(OC)c1OCC(C)O. The molecular formula is C14H22ClNO3. The van der Waals surface area contributed by atoms with Crippen molar-refractivity contribution in [1.82, 2.24) is 5.32 Å². The Labute approximate surface area is 119 Å². The van der Waals surface area contributed by atoms with Crippen LogP contribution in [0.5, 0.6) is 11.5 Å². The highest BCUT2D eigenvalue weighted by Gasteiger charge is 2.13. The lowest BCUT2D eigenvalue weighted by atomic mass is 10.1. The molecule has 2 N–H and O–H groups in total. The van der Waals surface area contributed by atoms with E-state index in [0.29, 0.717) is 23.1 Å². The number of nitrogens with one attached hydrogen (secondary N) is 1. The summed E-state index contributed by atoms with van der Waals surface area (Å²) in [7, 11) is 1.57. The van der Waals surface area contributed by atoms with Gasteiger partial charge in [-0.1, -0.05) is 18.5 Å². The predicted octanol–water partition coefficient (Wildman–Crippen LogP) is 2.61. The topological polar surface area (TPSA) is 50.7 Å². The van der Waals surface area contributed by atoms with Crippen molar-refractivity contribution in [2.75, 3.05) is 20.3 Å². The second-order valence-corrected chi connectivity index (χ2v) is 4.87. The van der Waals surface area contributed by atoms with E-state index in [0.717, 1.165) is 18.5 Å². The highest BCUT2D eigenvalue weighted by Crippen LogP contribution is 2.34. The van der Waals surface area contributed by atoms with Gasteiger partial charge in [-0.05, 0) is 26.0 Å². The van der Waals surface area contributed by atoms with Crippen molar-refractivity contribution >= 4 is 11.6 Å². The predicted molar refractivity (Wildman–Crippen MR) is 77.2 cm³/mol. The Kier molecular flexibility index (Phi) is 6.99. The van der Waals surface area contributed by atoms with Crippen LogP contribution in [0.25, 0.3) is 0 Å². The molecule has 0 aliphatic heterocycles. The quantitative estimate of drug-likeness (QED) is 0.722. The Morgan fingerprint density at radius 1 is 1.42 bits per heavy atom. The fourth-order valence-electron chi connectivity index (χ4n) is 1.67. The summed E-state index contributed by atoms with van der Waals surface area (Å²) in [6, 6.07) is 3.56. The minimum atomic E-state index is -0.531. The first-order valence-corrected chi connectivity index (χ1v) is 6.84. The Morgan fingerprint density at radius 3 is 2.74 bits per heavy atom. The number of hydrogen-bond acceptors (Lipinski definition) is 4. The van der Waals surface area contributed by atoms with Gasteiger partial charge in [0.15, 0.2) is 11.5 Å². The van der Waals surface area contributed by atoms with E-state index < -0.39 is 6.10 Å². The molecule has 108 valence electrons. The second kappa shape index (κ2) is 8.25. The molecule has 4 nitrogen and oxygen atoms in total. The van der Waals surface area contributed by atoms with Crippen LogP contribution >= 0.6 is 11.6 Å². The number of aliphatic hydroxyl groups excluding tert-OH is 1. The van der Waals surface area contributed by atoms with Crippen LogP contribution in [0.3, 0.4) is 0 Å². The van der Waals surface area contributed by atoms with Crippen molar-refractivity contribution in [1.29, 1.82) is 0 Å². The summed E-state index contributed by atoms with van der Waals surface area (Å²) < 4.78 is 10.9. The summed E-state index contributed by atoms with van der Waals surface area (Å²) in [6.45, 7) is 5.58. The molecule has 1 aromatic carbocycles. The Balaban J connectivity index is 2.92. The molecule has 0 saturated heterocycles. The number of aliphatic hydroxyl groups is 1. The van der Waals surface area contributed by atoms with E-state index in [1.165, 1.54) is 0 Å². The molecule has 19 heavy (non-hydrogen) atoms. The minimum absolute atomic E-state index is 0.221. The van der Waals surface area contributed by atoms with Gasteiger partial charge in [0.25, 0.3) is 0 Å². The van der Waals surface area contributed by atoms with Gasteiger partial charge in [0.1, 0.15) is 6.61 Å². The zero-order chi connectivity index (χ0) is 14.3. The molecule has 0 bridgehead atoms. The molecule has 1 atom stereocenters. The first kappa shape index (κ1) is 16.1. The highest BCUT2D eigenvalue weighted by atomic mass is 35.5. The van der Waals surface area contributed by atoms with Crippen LogP contribution in [0.2, 0.25) is 5.02 Å². The van der Waals surface area contributed by atoms with Crippen molar-refractivity contribution in [3.63, 3.8) is 0 Å². The first-order chi connectivity index (χ1) is 9.08. The number of benzene rings is 1. The van der Waals surface area contributed by atoms with Gasteiger partial charge in [0.2, 0.25) is 0 Å². The van der Waals surface area contributed by atoms with E-state index in [-0.39, 0.29) is 6.61 Å². The van der Waals surface area contributed by atoms with Gasteiger partial charge in [-0.2, -0.15) is 0 Å². The average molecular weight is 288 g/mol. The van der Waals surface area contributed by atoms with E-state index in [2.05, 4.69) is 12.2 Å². The zero-order valence-corrected chi connectivity index (χ0v) is 12.5. The molecule has 0 aliphatic carbocycles. The lowest BCUT2D eigenvalue weighted by molar-refractivity contribution is 0.120. The van der Waals surface area contributed by atoms with Gasteiger partial charge in [-0.3, -0.25) is 0 Å². The van der Waals surface area contributed by atoms with Gasteiger partial charge in [0, 0.05) is 23.2 Å². The van der Waals surface area contributed by atoms with Crippen LogP contribution < -0.4 is 14.8 Å². The minimum Gasteiger partial charge on any atom is -0.493 e. The third-order valence-electron chi connectivity index (χ3n) is 2.53. The maximum absolute atomic E-state index is 9.33. The molecule has 0 spiro atoms. The number of hydrogen-bond donors (Lipinski definition) is 2. The van der Waals surface area contributed by atoms with E-state index in [1.54, 1.807) is 20.1 Å². The van der Waals surface area contributed by atoms with Gasteiger partial charge < -0.3 is 19.9 Å². The van der Waals surface area contributed by atoms with Crippen molar-refractivity contribution in [3.05, 3.63) is 22.7 Å². The molecule has 5 heteroatoms. The monoisotopic (exact) mass is 287 g/mol. The van der Waals surface area contributed by atoms with E-state index in [4.69, 9.17) is 21.1 Å². The number of methoxy groups -OCH3 is 1. The van der Waals surface area contributed by atoms with Crippen molar-refractivity contribution in [3.8, 4) is 11.5 Å². The molecule has 0 amide bonds. The van der Waals surface area contributed by atoms with Crippen molar-refractivity contribution < 1.29 is 14.6 Å². The molecule has 1 aromatic rings. The van der Waals surface area contributed by atoms with Crippen molar-refractivity contribution in [2.45, 2.75) is 32.9 Å². The molecule has 0 aromatic heterocycles.